The van der Waals surface area contributed by atoms with E-state index in [2.05, 4.69) is 40.0 Å². The van der Waals surface area contributed by atoms with Gasteiger partial charge in [-0.05, 0) is 30.7 Å². The molecule has 0 aliphatic carbocycles. The first-order valence-electron chi connectivity index (χ1n) is 10.8. The minimum absolute atomic E-state index is 0.0695. The van der Waals surface area contributed by atoms with Gasteiger partial charge >= 0.3 is 0 Å². The number of para-hydroxylation sites is 2. The number of nitrogens with zero attached hydrogens (tertiary/aromatic N) is 5. The highest BCUT2D eigenvalue weighted by atomic mass is 16.3. The van der Waals surface area contributed by atoms with Crippen molar-refractivity contribution < 1.29 is 5.11 Å². The molecule has 31 heavy (non-hydrogen) atoms. The molecular formula is C25H27N5O. The van der Waals surface area contributed by atoms with E-state index in [-0.39, 0.29) is 6.61 Å². The Morgan fingerprint density at radius 1 is 0.903 bits per heavy atom. The summed E-state index contributed by atoms with van der Waals surface area (Å²) in [5.74, 6) is 0.895. The van der Waals surface area contributed by atoms with E-state index in [1.807, 2.05) is 53.5 Å². The van der Waals surface area contributed by atoms with E-state index >= 15 is 0 Å². The van der Waals surface area contributed by atoms with Crippen molar-refractivity contribution in [2.75, 3.05) is 31.1 Å². The van der Waals surface area contributed by atoms with Crippen molar-refractivity contribution >= 4 is 23.4 Å². The standard InChI is InChI=1S/C25H27N5O/c1-19-11-12-26-25-22(17-27-30(25)21-8-3-2-4-9-21)24(19)29-15-13-28(14-16-29)23-10-6-5-7-20(23)18-31/h2-10,12,17,31H,11,13-16,18H2,1H3. The quantitative estimate of drug-likeness (QED) is 0.702. The van der Waals surface area contributed by atoms with Gasteiger partial charge in [0.05, 0.1) is 24.1 Å². The molecule has 2 aromatic carbocycles. The van der Waals surface area contributed by atoms with Gasteiger partial charge in [0.25, 0.3) is 0 Å². The highest BCUT2D eigenvalue weighted by Gasteiger charge is 2.27. The predicted molar refractivity (Wildman–Crippen MR) is 125 cm³/mol. The molecule has 1 aromatic heterocycles. The second-order valence-electron chi connectivity index (χ2n) is 8.03. The Hall–Kier alpha value is -3.38. The van der Waals surface area contributed by atoms with E-state index in [4.69, 9.17) is 4.99 Å². The molecule has 6 heteroatoms. The number of aliphatic hydroxyl groups is 1. The molecule has 0 bridgehead atoms. The zero-order chi connectivity index (χ0) is 21.2. The Morgan fingerprint density at radius 2 is 1.61 bits per heavy atom. The molecule has 1 saturated heterocycles. The Morgan fingerprint density at radius 3 is 2.39 bits per heavy atom. The molecule has 3 aromatic rings. The Bertz CT molecular complexity index is 1120. The lowest BCUT2D eigenvalue weighted by molar-refractivity contribution is 0.281. The molecule has 1 fully saturated rings. The summed E-state index contributed by atoms with van der Waals surface area (Å²) in [6.45, 7) is 5.93. The Kier molecular flexibility index (Phi) is 5.30. The van der Waals surface area contributed by atoms with Crippen LogP contribution in [0.25, 0.3) is 11.4 Å². The lowest BCUT2D eigenvalue weighted by Gasteiger charge is -2.39. The molecule has 5 rings (SSSR count). The van der Waals surface area contributed by atoms with E-state index in [0.29, 0.717) is 0 Å². The van der Waals surface area contributed by atoms with E-state index in [1.165, 1.54) is 11.3 Å². The maximum Gasteiger partial charge on any atom is 0.164 e. The summed E-state index contributed by atoms with van der Waals surface area (Å²) in [7, 11) is 0. The normalized spacial score (nSPS) is 16.5. The number of aromatic nitrogens is 2. The van der Waals surface area contributed by atoms with Crippen LogP contribution in [0.4, 0.5) is 11.5 Å². The minimum atomic E-state index is 0.0695. The number of rotatable bonds is 4. The summed E-state index contributed by atoms with van der Waals surface area (Å²) in [5.41, 5.74) is 6.81. The fraction of sp³-hybridized carbons (Fsp3) is 0.280. The van der Waals surface area contributed by atoms with Crippen LogP contribution in [0.2, 0.25) is 0 Å². The zero-order valence-corrected chi connectivity index (χ0v) is 17.8. The van der Waals surface area contributed by atoms with E-state index in [9.17, 15) is 5.11 Å². The van der Waals surface area contributed by atoms with Gasteiger partial charge in [0.2, 0.25) is 0 Å². The monoisotopic (exact) mass is 413 g/mol. The van der Waals surface area contributed by atoms with Crippen LogP contribution >= 0.6 is 0 Å². The van der Waals surface area contributed by atoms with Crippen LogP contribution in [-0.4, -0.2) is 52.2 Å². The third kappa shape index (κ3) is 3.64. The number of fused-ring (bicyclic) bond motifs is 1. The van der Waals surface area contributed by atoms with E-state index < -0.39 is 0 Å². The van der Waals surface area contributed by atoms with Crippen LogP contribution in [0.1, 0.15) is 24.5 Å². The maximum atomic E-state index is 9.71. The molecule has 6 nitrogen and oxygen atoms in total. The number of aliphatic hydroxyl groups excluding tert-OH is 1. The third-order valence-electron chi connectivity index (χ3n) is 6.11. The van der Waals surface area contributed by atoms with Gasteiger partial charge in [0.15, 0.2) is 5.82 Å². The first-order chi connectivity index (χ1) is 15.3. The summed E-state index contributed by atoms with van der Waals surface area (Å²) in [5, 5.41) is 14.4. The van der Waals surface area contributed by atoms with E-state index in [1.54, 1.807) is 0 Å². The van der Waals surface area contributed by atoms with Gasteiger partial charge in [-0.15, -0.1) is 0 Å². The predicted octanol–water partition coefficient (Wildman–Crippen LogP) is 4.02. The number of allylic oxidation sites excluding steroid dienone is 1. The van der Waals surface area contributed by atoms with Crippen LogP contribution in [0.15, 0.2) is 71.4 Å². The number of hydrogen-bond donors (Lipinski definition) is 1. The summed E-state index contributed by atoms with van der Waals surface area (Å²) in [4.78, 5) is 9.62. The van der Waals surface area contributed by atoms with Gasteiger partial charge in [-0.2, -0.15) is 5.10 Å². The maximum absolute atomic E-state index is 9.71. The van der Waals surface area contributed by atoms with Crippen molar-refractivity contribution in [2.24, 2.45) is 4.99 Å². The number of aliphatic imine (C=N–C) groups is 1. The first-order valence-corrected chi connectivity index (χ1v) is 10.8. The molecule has 0 saturated carbocycles. The number of benzene rings is 2. The largest absolute Gasteiger partial charge is 0.392 e. The molecule has 0 unspecified atom stereocenters. The van der Waals surface area contributed by atoms with Gasteiger partial charge in [0, 0.05) is 55.8 Å². The second-order valence-corrected chi connectivity index (χ2v) is 8.03. The van der Waals surface area contributed by atoms with Gasteiger partial charge in [-0.25, -0.2) is 9.67 Å². The number of anilines is 1. The van der Waals surface area contributed by atoms with Crippen LogP contribution in [0.3, 0.4) is 0 Å². The fourth-order valence-corrected chi connectivity index (χ4v) is 4.55. The van der Waals surface area contributed by atoms with Crippen molar-refractivity contribution in [3.05, 3.63) is 77.5 Å². The third-order valence-corrected chi connectivity index (χ3v) is 6.11. The van der Waals surface area contributed by atoms with Crippen LogP contribution < -0.4 is 4.90 Å². The van der Waals surface area contributed by atoms with Gasteiger partial charge in [-0.3, -0.25) is 0 Å². The molecule has 1 N–H and O–H groups in total. The van der Waals surface area contributed by atoms with E-state index in [0.717, 1.165) is 60.9 Å². The zero-order valence-electron chi connectivity index (χ0n) is 17.8. The van der Waals surface area contributed by atoms with Gasteiger partial charge < -0.3 is 14.9 Å². The first kappa shape index (κ1) is 19.6. The molecule has 0 atom stereocenters. The molecule has 158 valence electrons. The second kappa shape index (κ2) is 8.40. The molecule has 0 spiro atoms. The Balaban J connectivity index is 1.43. The van der Waals surface area contributed by atoms with Crippen molar-refractivity contribution in [2.45, 2.75) is 20.0 Å². The average Bonchev–Trinajstić information content (AvgIpc) is 3.16. The summed E-state index contributed by atoms with van der Waals surface area (Å²) in [6, 6.07) is 18.3. The molecule has 3 heterocycles. The molecule has 2 aliphatic rings. The van der Waals surface area contributed by atoms with Crippen LogP contribution in [0.5, 0.6) is 0 Å². The van der Waals surface area contributed by atoms with Crippen molar-refractivity contribution in [1.29, 1.82) is 0 Å². The summed E-state index contributed by atoms with van der Waals surface area (Å²) >= 11 is 0. The summed E-state index contributed by atoms with van der Waals surface area (Å²) < 4.78 is 1.93. The topological polar surface area (TPSA) is 56.9 Å². The lowest BCUT2D eigenvalue weighted by Crippen LogP contribution is -2.46. The molecule has 0 amide bonds. The fourth-order valence-electron chi connectivity index (χ4n) is 4.55. The highest BCUT2D eigenvalue weighted by Crippen LogP contribution is 2.36. The highest BCUT2D eigenvalue weighted by molar-refractivity contribution is 5.82. The smallest absolute Gasteiger partial charge is 0.164 e. The van der Waals surface area contributed by atoms with Crippen LogP contribution in [-0.2, 0) is 6.61 Å². The van der Waals surface area contributed by atoms with Crippen molar-refractivity contribution in [3.8, 4) is 5.69 Å². The van der Waals surface area contributed by atoms with Gasteiger partial charge in [0.1, 0.15) is 0 Å². The van der Waals surface area contributed by atoms with Crippen LogP contribution in [0, 0.1) is 0 Å². The van der Waals surface area contributed by atoms with Gasteiger partial charge in [-0.1, -0.05) is 36.4 Å². The SMILES string of the molecule is CC1=C(N2CCN(c3ccccc3CO)CC2)c2cnn(-c3ccccc3)c2N=CC1. The summed E-state index contributed by atoms with van der Waals surface area (Å²) in [6.07, 6.45) is 4.79. The lowest BCUT2D eigenvalue weighted by atomic mass is 10.1. The molecule has 0 radical (unpaired) electrons. The Labute approximate surface area is 182 Å². The number of piperazine rings is 1. The van der Waals surface area contributed by atoms with Crippen molar-refractivity contribution in [1.82, 2.24) is 14.7 Å². The average molecular weight is 414 g/mol. The molecule has 2 aliphatic heterocycles. The molecular weight excluding hydrogens is 386 g/mol. The minimum Gasteiger partial charge on any atom is -0.392 e. The van der Waals surface area contributed by atoms with Crippen molar-refractivity contribution in [3.63, 3.8) is 0 Å². The number of hydrogen-bond acceptors (Lipinski definition) is 5.